The number of aliphatic hydroxyl groups excluding tert-OH is 2. The first-order valence-electron chi connectivity index (χ1n) is 26.1. The lowest BCUT2D eigenvalue weighted by molar-refractivity contribution is -0.143. The first kappa shape index (κ1) is 57.3. The molecule has 0 spiro atoms. The Labute approximate surface area is 367 Å². The number of carbonyl (C=O) groups excluding carboxylic acids is 2. The number of allylic oxidation sites excluding steroid dienone is 3. The van der Waals surface area contributed by atoms with Gasteiger partial charge in [-0.25, -0.2) is 0 Å². The zero-order valence-corrected chi connectivity index (χ0v) is 39.5. The molecule has 0 rings (SSSR count). The molecule has 0 aliphatic rings. The maximum atomic E-state index is 12.4. The summed E-state index contributed by atoms with van der Waals surface area (Å²) in [5, 5.41) is 22.9. The van der Waals surface area contributed by atoms with Crippen molar-refractivity contribution in [3.63, 3.8) is 0 Å². The van der Waals surface area contributed by atoms with E-state index in [1.54, 1.807) is 6.08 Å². The molecule has 0 fully saturated rings. The number of carbonyl (C=O) groups is 2. The van der Waals surface area contributed by atoms with Crippen LogP contribution in [0.1, 0.15) is 277 Å². The molecule has 0 radical (unpaired) electrons. The number of hydrogen-bond donors (Lipinski definition) is 3. The average Bonchev–Trinajstić information content (AvgIpc) is 3.24. The van der Waals surface area contributed by atoms with E-state index in [0.717, 1.165) is 57.8 Å². The minimum atomic E-state index is -0.849. The van der Waals surface area contributed by atoms with Crippen molar-refractivity contribution < 1.29 is 24.5 Å². The number of aliphatic hydroxyl groups is 2. The van der Waals surface area contributed by atoms with Crippen LogP contribution in [0.3, 0.4) is 0 Å². The molecular weight excluding hydrogens is 731 g/mol. The number of hydrogen-bond acceptors (Lipinski definition) is 5. The van der Waals surface area contributed by atoms with E-state index in [-0.39, 0.29) is 18.5 Å². The van der Waals surface area contributed by atoms with Crippen LogP contribution in [0.2, 0.25) is 0 Å². The second-order valence-corrected chi connectivity index (χ2v) is 17.9. The van der Waals surface area contributed by atoms with Crippen molar-refractivity contribution in [1.29, 1.82) is 0 Å². The van der Waals surface area contributed by atoms with Crippen LogP contribution in [-0.2, 0) is 14.3 Å². The summed E-state index contributed by atoms with van der Waals surface area (Å²) in [6, 6.07) is -0.634. The van der Waals surface area contributed by atoms with Crippen molar-refractivity contribution in [2.45, 2.75) is 289 Å². The third kappa shape index (κ3) is 45.7. The summed E-state index contributed by atoms with van der Waals surface area (Å²) in [4.78, 5) is 24.4. The topological polar surface area (TPSA) is 95.9 Å². The SMILES string of the molecule is CCCCCCCCC/C=C\CCCCCCCCCC(=O)OCCCCCCCCCCCCCCCCC(=O)NC(CO)C(O)/C=C/CCCCCCCCCC. The van der Waals surface area contributed by atoms with Crippen LogP contribution in [-0.4, -0.2) is 47.4 Å². The molecule has 0 saturated heterocycles. The summed E-state index contributed by atoms with van der Waals surface area (Å²) in [6.45, 7) is 4.86. The molecule has 59 heavy (non-hydrogen) atoms. The molecule has 2 unspecified atom stereocenters. The van der Waals surface area contributed by atoms with Crippen molar-refractivity contribution >= 4 is 11.9 Å². The largest absolute Gasteiger partial charge is 0.466 e. The van der Waals surface area contributed by atoms with Crippen molar-refractivity contribution in [2.75, 3.05) is 13.2 Å². The minimum absolute atomic E-state index is 0.00687. The zero-order chi connectivity index (χ0) is 43.0. The fourth-order valence-corrected chi connectivity index (χ4v) is 7.92. The molecule has 348 valence electrons. The predicted octanol–water partition coefficient (Wildman–Crippen LogP) is 15.5. The van der Waals surface area contributed by atoms with Gasteiger partial charge in [-0.05, 0) is 57.8 Å². The molecule has 0 heterocycles. The normalized spacial score (nSPS) is 12.8. The molecule has 0 aliphatic carbocycles. The highest BCUT2D eigenvalue weighted by Crippen LogP contribution is 2.16. The van der Waals surface area contributed by atoms with Crippen molar-refractivity contribution in [2.24, 2.45) is 0 Å². The lowest BCUT2D eigenvalue weighted by Gasteiger charge is -2.20. The third-order valence-corrected chi connectivity index (χ3v) is 12.0. The molecule has 6 heteroatoms. The molecule has 0 aromatic rings. The highest BCUT2D eigenvalue weighted by atomic mass is 16.5. The van der Waals surface area contributed by atoms with Gasteiger partial charge in [0.15, 0.2) is 0 Å². The Hall–Kier alpha value is -1.66. The molecule has 0 saturated carbocycles. The molecule has 0 aromatic heterocycles. The minimum Gasteiger partial charge on any atom is -0.466 e. The Morgan fingerprint density at radius 1 is 0.458 bits per heavy atom. The van der Waals surface area contributed by atoms with Gasteiger partial charge in [-0.2, -0.15) is 0 Å². The number of esters is 1. The molecular formula is C53H101NO5. The molecule has 6 nitrogen and oxygen atoms in total. The number of nitrogens with one attached hydrogen (secondary N) is 1. The Bertz CT molecular complexity index is 920. The van der Waals surface area contributed by atoms with E-state index >= 15 is 0 Å². The van der Waals surface area contributed by atoms with E-state index in [1.807, 2.05) is 6.08 Å². The van der Waals surface area contributed by atoms with E-state index in [4.69, 9.17) is 4.74 Å². The van der Waals surface area contributed by atoms with Gasteiger partial charge in [0.1, 0.15) is 0 Å². The van der Waals surface area contributed by atoms with Crippen molar-refractivity contribution in [1.82, 2.24) is 5.32 Å². The van der Waals surface area contributed by atoms with E-state index in [1.165, 1.54) is 193 Å². The molecule has 1 amide bonds. The van der Waals surface area contributed by atoms with E-state index < -0.39 is 12.1 Å². The maximum Gasteiger partial charge on any atom is 0.305 e. The van der Waals surface area contributed by atoms with Gasteiger partial charge in [0, 0.05) is 12.8 Å². The highest BCUT2D eigenvalue weighted by Gasteiger charge is 2.18. The van der Waals surface area contributed by atoms with Crippen molar-refractivity contribution in [3.05, 3.63) is 24.3 Å². The number of rotatable bonds is 48. The lowest BCUT2D eigenvalue weighted by Crippen LogP contribution is -2.45. The average molecular weight is 832 g/mol. The van der Waals surface area contributed by atoms with Gasteiger partial charge in [0.2, 0.25) is 5.91 Å². The summed E-state index contributed by atoms with van der Waals surface area (Å²) in [5.74, 6) is -0.0875. The van der Waals surface area contributed by atoms with Gasteiger partial charge >= 0.3 is 5.97 Å². The fraction of sp³-hybridized carbons (Fsp3) is 0.887. The Morgan fingerprint density at radius 3 is 1.20 bits per heavy atom. The van der Waals surface area contributed by atoms with Gasteiger partial charge in [0.25, 0.3) is 0 Å². The molecule has 0 aliphatic heterocycles. The number of unbranched alkanes of at least 4 members (excludes halogenated alkanes) is 35. The van der Waals surface area contributed by atoms with E-state index in [2.05, 4.69) is 31.3 Å². The predicted molar refractivity (Wildman–Crippen MR) is 255 cm³/mol. The summed E-state index contributed by atoms with van der Waals surface area (Å²) in [7, 11) is 0. The third-order valence-electron chi connectivity index (χ3n) is 12.0. The molecule has 0 aromatic carbocycles. The van der Waals surface area contributed by atoms with Crippen LogP contribution in [0.4, 0.5) is 0 Å². The highest BCUT2D eigenvalue weighted by molar-refractivity contribution is 5.76. The first-order chi connectivity index (χ1) is 29.0. The second-order valence-electron chi connectivity index (χ2n) is 17.9. The summed E-state index contributed by atoms with van der Waals surface area (Å²) >= 11 is 0. The van der Waals surface area contributed by atoms with Crippen LogP contribution >= 0.6 is 0 Å². The standard InChI is InChI=1S/C53H101NO5/c1-3-5-7-9-11-13-15-16-17-18-19-20-24-27-31-35-39-43-47-53(58)59-48-44-40-36-32-28-25-22-21-23-26-30-34-38-42-46-52(57)54-50(49-55)51(56)45-41-37-33-29-14-12-10-8-6-4-2/h17-18,41,45,50-51,55-56H,3-16,19-40,42-44,46-49H2,1-2H3,(H,54,57)/b18-17-,45-41+. The Morgan fingerprint density at radius 2 is 0.797 bits per heavy atom. The molecule has 2 atom stereocenters. The summed E-state index contributed by atoms with van der Waals surface area (Å²) < 4.78 is 5.47. The van der Waals surface area contributed by atoms with Crippen LogP contribution in [0.15, 0.2) is 24.3 Å². The monoisotopic (exact) mass is 832 g/mol. The lowest BCUT2D eigenvalue weighted by atomic mass is 10.0. The van der Waals surface area contributed by atoms with Gasteiger partial charge in [0.05, 0.1) is 25.4 Å². The molecule has 3 N–H and O–H groups in total. The van der Waals surface area contributed by atoms with Gasteiger partial charge in [-0.15, -0.1) is 0 Å². The van der Waals surface area contributed by atoms with E-state index in [9.17, 15) is 19.8 Å². The van der Waals surface area contributed by atoms with E-state index in [0.29, 0.717) is 19.4 Å². The summed E-state index contributed by atoms with van der Waals surface area (Å²) in [6.07, 6.45) is 57.5. The van der Waals surface area contributed by atoms with Crippen LogP contribution in [0.5, 0.6) is 0 Å². The Kier molecular flexibility index (Phi) is 47.6. The van der Waals surface area contributed by atoms with Gasteiger partial charge < -0.3 is 20.3 Å². The Balaban J connectivity index is 3.43. The number of amides is 1. The first-order valence-corrected chi connectivity index (χ1v) is 26.1. The second kappa shape index (κ2) is 49.0. The quantitative estimate of drug-likeness (QED) is 0.0322. The van der Waals surface area contributed by atoms with Gasteiger partial charge in [-0.1, -0.05) is 231 Å². The summed E-state index contributed by atoms with van der Waals surface area (Å²) in [5.41, 5.74) is 0. The van der Waals surface area contributed by atoms with Crippen LogP contribution in [0.25, 0.3) is 0 Å². The van der Waals surface area contributed by atoms with Crippen molar-refractivity contribution in [3.8, 4) is 0 Å². The van der Waals surface area contributed by atoms with Crippen LogP contribution in [0, 0.1) is 0 Å². The maximum absolute atomic E-state index is 12.4. The smallest absolute Gasteiger partial charge is 0.305 e. The fourth-order valence-electron chi connectivity index (χ4n) is 7.92. The van der Waals surface area contributed by atoms with Crippen LogP contribution < -0.4 is 5.32 Å². The zero-order valence-electron chi connectivity index (χ0n) is 39.5. The molecule has 0 bridgehead atoms. The van der Waals surface area contributed by atoms with Gasteiger partial charge in [-0.3, -0.25) is 9.59 Å². The number of ether oxygens (including phenoxy) is 1.